The van der Waals surface area contributed by atoms with E-state index in [4.69, 9.17) is 5.26 Å². The summed E-state index contributed by atoms with van der Waals surface area (Å²) in [5.74, 6) is 0. The Morgan fingerprint density at radius 3 is 2.83 bits per heavy atom. The first-order valence-electron chi connectivity index (χ1n) is 10.1. The standard InChI is InChI=1S/C21H26N6O2/c1-23-20(28)26-8-2-3-18(13-26)27(17-5-6-17)21(29)24-12-16-10-15-9-14(11-22)4-7-19(15)25-16/h4,7,9-10,17-18,25H,2-3,5-6,8,12-13H2,1H3,(H,23,28)(H,24,29)/t18-/m1/s1. The van der Waals surface area contributed by atoms with Gasteiger partial charge in [0, 0.05) is 42.8 Å². The molecule has 1 saturated heterocycles. The Balaban J connectivity index is 1.42. The maximum Gasteiger partial charge on any atom is 0.318 e. The van der Waals surface area contributed by atoms with Crippen molar-refractivity contribution >= 4 is 23.0 Å². The highest BCUT2D eigenvalue weighted by atomic mass is 16.2. The molecular weight excluding hydrogens is 368 g/mol. The highest BCUT2D eigenvalue weighted by Crippen LogP contribution is 2.31. The van der Waals surface area contributed by atoms with Crippen LogP contribution in [-0.4, -0.2) is 59.1 Å². The number of hydrogen-bond donors (Lipinski definition) is 3. The van der Waals surface area contributed by atoms with E-state index in [1.807, 2.05) is 23.1 Å². The maximum absolute atomic E-state index is 13.0. The number of aromatic nitrogens is 1. The van der Waals surface area contributed by atoms with Crippen LogP contribution in [0.15, 0.2) is 24.3 Å². The van der Waals surface area contributed by atoms with E-state index in [1.165, 1.54) is 0 Å². The number of rotatable bonds is 4. The van der Waals surface area contributed by atoms with Crippen LogP contribution in [0.4, 0.5) is 9.59 Å². The van der Waals surface area contributed by atoms with E-state index < -0.39 is 0 Å². The number of carbonyl (C=O) groups excluding carboxylic acids is 2. The molecule has 8 heteroatoms. The van der Waals surface area contributed by atoms with Gasteiger partial charge in [-0.2, -0.15) is 5.26 Å². The molecule has 152 valence electrons. The Bertz CT molecular complexity index is 958. The molecule has 1 aliphatic heterocycles. The molecule has 1 aliphatic carbocycles. The van der Waals surface area contributed by atoms with E-state index in [2.05, 4.69) is 21.7 Å². The van der Waals surface area contributed by atoms with Gasteiger partial charge in [-0.1, -0.05) is 0 Å². The van der Waals surface area contributed by atoms with E-state index in [0.29, 0.717) is 18.7 Å². The third-order valence-electron chi connectivity index (χ3n) is 5.70. The summed E-state index contributed by atoms with van der Waals surface area (Å²) >= 11 is 0. The van der Waals surface area contributed by atoms with E-state index >= 15 is 0 Å². The number of nitriles is 1. The first-order chi connectivity index (χ1) is 14.1. The largest absolute Gasteiger partial charge is 0.357 e. The zero-order valence-corrected chi connectivity index (χ0v) is 16.6. The van der Waals surface area contributed by atoms with Crippen molar-refractivity contribution in [3.05, 3.63) is 35.5 Å². The fraction of sp³-hybridized carbons (Fsp3) is 0.476. The number of nitrogens with one attached hydrogen (secondary N) is 3. The number of nitrogens with zero attached hydrogens (tertiary/aromatic N) is 3. The van der Waals surface area contributed by atoms with Crippen molar-refractivity contribution in [1.29, 1.82) is 5.26 Å². The molecule has 2 heterocycles. The molecule has 1 atom stereocenters. The molecule has 0 radical (unpaired) electrons. The summed E-state index contributed by atoms with van der Waals surface area (Å²) in [6, 6.07) is 9.76. The molecule has 1 aromatic heterocycles. The van der Waals surface area contributed by atoms with Gasteiger partial charge in [0.25, 0.3) is 0 Å². The minimum absolute atomic E-state index is 0.0504. The maximum atomic E-state index is 13.0. The summed E-state index contributed by atoms with van der Waals surface area (Å²) in [6.07, 6.45) is 3.86. The first kappa shape index (κ1) is 19.1. The fourth-order valence-electron chi connectivity index (χ4n) is 4.13. The SMILES string of the molecule is CNC(=O)N1CCC[C@@H](N(C(=O)NCc2cc3cc(C#N)ccc3[nH]2)C2CC2)C1. The molecule has 4 rings (SSSR count). The molecule has 3 N–H and O–H groups in total. The van der Waals surface area contributed by atoms with Gasteiger partial charge in [0.05, 0.1) is 24.2 Å². The highest BCUT2D eigenvalue weighted by Gasteiger charge is 2.39. The van der Waals surface area contributed by atoms with Gasteiger partial charge in [0.1, 0.15) is 0 Å². The zero-order valence-electron chi connectivity index (χ0n) is 16.6. The van der Waals surface area contributed by atoms with Crippen LogP contribution in [0.1, 0.15) is 36.9 Å². The van der Waals surface area contributed by atoms with Crippen LogP contribution in [0, 0.1) is 11.3 Å². The number of benzene rings is 1. The monoisotopic (exact) mass is 394 g/mol. The fourth-order valence-corrected chi connectivity index (χ4v) is 4.13. The van der Waals surface area contributed by atoms with Gasteiger partial charge in [-0.3, -0.25) is 0 Å². The van der Waals surface area contributed by atoms with Gasteiger partial charge >= 0.3 is 12.1 Å². The molecule has 1 aromatic carbocycles. The molecule has 2 fully saturated rings. The highest BCUT2D eigenvalue weighted by molar-refractivity contribution is 5.82. The predicted molar refractivity (Wildman–Crippen MR) is 109 cm³/mol. The summed E-state index contributed by atoms with van der Waals surface area (Å²) in [5, 5.41) is 15.7. The Morgan fingerprint density at radius 2 is 2.10 bits per heavy atom. The predicted octanol–water partition coefficient (Wildman–Crippen LogP) is 2.52. The lowest BCUT2D eigenvalue weighted by atomic mass is 10.0. The Hall–Kier alpha value is -3.21. The van der Waals surface area contributed by atoms with Gasteiger partial charge in [-0.15, -0.1) is 0 Å². The molecular formula is C21H26N6O2. The van der Waals surface area contributed by atoms with Gasteiger partial charge in [0.2, 0.25) is 0 Å². The number of fused-ring (bicyclic) bond motifs is 1. The summed E-state index contributed by atoms with van der Waals surface area (Å²) in [6.45, 7) is 1.70. The van der Waals surface area contributed by atoms with Crippen molar-refractivity contribution in [2.24, 2.45) is 0 Å². The van der Waals surface area contributed by atoms with Crippen LogP contribution in [0.3, 0.4) is 0 Å². The summed E-state index contributed by atoms with van der Waals surface area (Å²) in [7, 11) is 1.64. The molecule has 8 nitrogen and oxygen atoms in total. The molecule has 0 unspecified atom stereocenters. The topological polar surface area (TPSA) is 104 Å². The Labute approximate surface area is 169 Å². The molecule has 1 saturated carbocycles. The second-order valence-electron chi connectivity index (χ2n) is 7.80. The number of aromatic amines is 1. The molecule has 0 bridgehead atoms. The lowest BCUT2D eigenvalue weighted by Crippen LogP contribution is -2.56. The van der Waals surface area contributed by atoms with E-state index in [1.54, 1.807) is 18.0 Å². The number of piperidine rings is 1. The zero-order chi connectivity index (χ0) is 20.4. The lowest BCUT2D eigenvalue weighted by molar-refractivity contribution is 0.116. The normalized spacial score (nSPS) is 18.9. The third kappa shape index (κ3) is 4.14. The van der Waals surface area contributed by atoms with Crippen LogP contribution >= 0.6 is 0 Å². The van der Waals surface area contributed by atoms with Crippen molar-refractivity contribution in [3.8, 4) is 6.07 Å². The van der Waals surface area contributed by atoms with Crippen molar-refractivity contribution in [2.75, 3.05) is 20.1 Å². The molecule has 4 amide bonds. The number of H-pyrrole nitrogens is 1. The Morgan fingerprint density at radius 1 is 1.28 bits per heavy atom. The second kappa shape index (κ2) is 8.03. The number of likely N-dealkylation sites (tertiary alicyclic amines) is 1. The van der Waals surface area contributed by atoms with E-state index in [9.17, 15) is 9.59 Å². The average molecular weight is 394 g/mol. The second-order valence-corrected chi connectivity index (χ2v) is 7.80. The van der Waals surface area contributed by atoms with E-state index in [0.717, 1.165) is 48.8 Å². The molecule has 2 aromatic rings. The van der Waals surface area contributed by atoms with Crippen LogP contribution < -0.4 is 10.6 Å². The van der Waals surface area contributed by atoms with Crippen molar-refractivity contribution in [3.63, 3.8) is 0 Å². The first-order valence-corrected chi connectivity index (χ1v) is 10.1. The average Bonchev–Trinajstić information content (AvgIpc) is 3.49. The van der Waals surface area contributed by atoms with Crippen molar-refractivity contribution in [2.45, 2.75) is 44.3 Å². The number of hydrogen-bond acceptors (Lipinski definition) is 3. The minimum Gasteiger partial charge on any atom is -0.357 e. The molecule has 29 heavy (non-hydrogen) atoms. The van der Waals surface area contributed by atoms with Crippen LogP contribution in [-0.2, 0) is 6.54 Å². The van der Waals surface area contributed by atoms with Gasteiger partial charge < -0.3 is 25.4 Å². The third-order valence-corrected chi connectivity index (χ3v) is 5.70. The summed E-state index contributed by atoms with van der Waals surface area (Å²) in [5.41, 5.74) is 2.46. The number of amides is 4. The summed E-state index contributed by atoms with van der Waals surface area (Å²) in [4.78, 5) is 32.0. The van der Waals surface area contributed by atoms with Gasteiger partial charge in [-0.05, 0) is 49.9 Å². The minimum atomic E-state index is -0.0827. The van der Waals surface area contributed by atoms with Crippen molar-refractivity contribution in [1.82, 2.24) is 25.4 Å². The van der Waals surface area contributed by atoms with E-state index in [-0.39, 0.29) is 24.1 Å². The Kier molecular flexibility index (Phi) is 5.30. The van der Waals surface area contributed by atoms with Crippen LogP contribution in [0.5, 0.6) is 0 Å². The lowest BCUT2D eigenvalue weighted by Gasteiger charge is -2.39. The van der Waals surface area contributed by atoms with Crippen LogP contribution in [0.25, 0.3) is 10.9 Å². The molecule has 2 aliphatic rings. The van der Waals surface area contributed by atoms with Crippen LogP contribution in [0.2, 0.25) is 0 Å². The number of urea groups is 2. The quantitative estimate of drug-likeness (QED) is 0.742. The molecule has 0 spiro atoms. The van der Waals surface area contributed by atoms with Gasteiger partial charge in [-0.25, -0.2) is 9.59 Å². The van der Waals surface area contributed by atoms with Crippen molar-refractivity contribution < 1.29 is 9.59 Å². The smallest absolute Gasteiger partial charge is 0.318 e. The number of carbonyl (C=O) groups is 2. The van der Waals surface area contributed by atoms with Gasteiger partial charge in [0.15, 0.2) is 0 Å². The summed E-state index contributed by atoms with van der Waals surface area (Å²) < 4.78 is 0.